The Balaban J connectivity index is 0.000000195. The van der Waals surface area contributed by atoms with Crippen LogP contribution in [0.4, 0.5) is 5.82 Å². The molecule has 3 aromatic carbocycles. The highest BCUT2D eigenvalue weighted by atomic mass is 35.5. The lowest BCUT2D eigenvalue weighted by Gasteiger charge is -2.29. The second-order valence-electron chi connectivity index (χ2n) is 32.9. The van der Waals surface area contributed by atoms with Crippen LogP contribution in [0.3, 0.4) is 0 Å². The number of halogens is 2. The molecule has 1 saturated heterocycles. The predicted molar refractivity (Wildman–Crippen MR) is 435 cm³/mol. The third-order valence-corrected chi connectivity index (χ3v) is 18.1. The van der Waals surface area contributed by atoms with Crippen LogP contribution in [0.2, 0.25) is 10.0 Å². The summed E-state index contributed by atoms with van der Waals surface area (Å²) in [5.74, 6) is 2.92. The fraction of sp³-hybridized carbons (Fsp3) is 0.422. The van der Waals surface area contributed by atoms with E-state index >= 15 is 0 Å². The van der Waals surface area contributed by atoms with Gasteiger partial charge in [-0.05, 0) is 169 Å². The Morgan fingerprint density at radius 3 is 1.11 bits per heavy atom. The van der Waals surface area contributed by atoms with Crippen molar-refractivity contribution in [2.75, 3.05) is 45.4 Å². The summed E-state index contributed by atoms with van der Waals surface area (Å²) in [6.07, 6.45) is 19.8. The molecule has 0 aliphatic carbocycles. The third kappa shape index (κ3) is 27.1. The number of aryl methyl sites for hydroxylation is 1. The van der Waals surface area contributed by atoms with Crippen LogP contribution in [0, 0.1) is 5.92 Å². The number of hydrogen-bond acceptors (Lipinski definition) is 11. The van der Waals surface area contributed by atoms with Gasteiger partial charge in [0.15, 0.2) is 0 Å². The van der Waals surface area contributed by atoms with Gasteiger partial charge in [-0.3, -0.25) is 19.9 Å². The topological polar surface area (TPSA) is 121 Å². The van der Waals surface area contributed by atoms with E-state index in [1.54, 1.807) is 32.9 Å². The number of anilines is 1. The Kier molecular flexibility index (Phi) is 30.9. The Bertz CT molecular complexity index is 4090. The van der Waals surface area contributed by atoms with Crippen LogP contribution in [0.15, 0.2) is 194 Å². The fourth-order valence-electron chi connectivity index (χ4n) is 10.5. The van der Waals surface area contributed by atoms with E-state index in [0.29, 0.717) is 16.8 Å². The Labute approximate surface area is 629 Å². The van der Waals surface area contributed by atoms with Gasteiger partial charge in [0.2, 0.25) is 5.88 Å². The van der Waals surface area contributed by atoms with E-state index in [-0.39, 0.29) is 32.5 Å². The monoisotopic (exact) mass is 1430 g/mol. The molecule has 1 aliphatic heterocycles. The largest absolute Gasteiger partial charge is 0.497 e. The molecule has 13 heteroatoms. The smallest absolute Gasteiger partial charge is 0.232 e. The number of benzene rings is 3. The lowest BCUT2D eigenvalue weighted by molar-refractivity contribution is 0.122. The minimum Gasteiger partial charge on any atom is -0.497 e. The quantitative estimate of drug-likeness (QED) is 0.116. The van der Waals surface area contributed by atoms with Crippen LogP contribution in [0.5, 0.6) is 11.6 Å². The molecule has 0 amide bonds. The minimum absolute atomic E-state index is 0.0723. The number of methoxy groups -OCH3 is 2. The van der Waals surface area contributed by atoms with Crippen LogP contribution in [0.25, 0.3) is 45.0 Å². The molecule has 7 aromatic heterocycles. The van der Waals surface area contributed by atoms with E-state index in [1.807, 2.05) is 79.5 Å². The van der Waals surface area contributed by atoms with Crippen molar-refractivity contribution in [2.45, 2.75) is 204 Å². The molecule has 8 heterocycles. The van der Waals surface area contributed by atoms with Gasteiger partial charge in [0.1, 0.15) is 16.6 Å². The summed E-state index contributed by atoms with van der Waals surface area (Å²) >= 11 is 12.3. The summed E-state index contributed by atoms with van der Waals surface area (Å²) in [7, 11) is 3.23. The first-order valence-electron chi connectivity index (χ1n) is 36.3. The van der Waals surface area contributed by atoms with Gasteiger partial charge in [-0.25, -0.2) is 9.97 Å². The number of unbranched alkanes of at least 4 members (excludes halogenated alkanes) is 1. The minimum atomic E-state index is 0.0723. The normalized spacial score (nSPS) is 12.5. The molecule has 550 valence electrons. The van der Waals surface area contributed by atoms with Gasteiger partial charge in [0, 0.05) is 72.5 Å². The first-order chi connectivity index (χ1) is 48.4. The summed E-state index contributed by atoms with van der Waals surface area (Å²) in [6, 6.07) is 48.4. The number of ether oxygens (including phenoxy) is 3. The molecule has 0 N–H and O–H groups in total. The molecule has 0 bridgehead atoms. The van der Waals surface area contributed by atoms with Crippen molar-refractivity contribution in [3.05, 3.63) is 244 Å². The highest BCUT2D eigenvalue weighted by Crippen LogP contribution is 2.33. The van der Waals surface area contributed by atoms with Crippen molar-refractivity contribution < 1.29 is 18.6 Å². The van der Waals surface area contributed by atoms with Gasteiger partial charge in [-0.2, -0.15) is 0 Å². The zero-order chi connectivity index (χ0) is 75.9. The zero-order valence-electron chi connectivity index (χ0n) is 66.2. The molecule has 11 rings (SSSR count). The number of morpholine rings is 1. The Morgan fingerprint density at radius 1 is 0.417 bits per heavy atom. The van der Waals surface area contributed by atoms with Crippen molar-refractivity contribution >= 4 is 29.0 Å². The predicted octanol–water partition coefficient (Wildman–Crippen LogP) is 24.2. The molecule has 0 spiro atoms. The molecule has 0 atom stereocenters. The van der Waals surface area contributed by atoms with Crippen molar-refractivity contribution in [3.63, 3.8) is 0 Å². The van der Waals surface area contributed by atoms with Crippen molar-refractivity contribution in [1.82, 2.24) is 29.9 Å². The molecule has 1 fully saturated rings. The maximum Gasteiger partial charge on any atom is 0.232 e. The van der Waals surface area contributed by atoms with Gasteiger partial charge in [0.05, 0.1) is 67.8 Å². The van der Waals surface area contributed by atoms with E-state index < -0.39 is 0 Å². The molecule has 103 heavy (non-hydrogen) atoms. The maximum atomic E-state index is 6.32. The number of pyridine rings is 6. The SMILES string of the molecule is CC(C)(C)c1ccc(-c2ccoc2)nc1.CC(C)(C)c1cnc(N2CCOCC2)c(Cl)c1.CC(C)Cc1ccc(-c2ccc(C(C)(C)C)cn2)cc1.CCCCc1ccc(-c2ccc(C(C)(C)C)cn2)cc1.COc1ccc(-c2ccc(C(C)(C)C)cn2)cc1.COc1ncc(C(C)(C)C)cc1Cl. The average molecular weight is 1430 g/mol. The summed E-state index contributed by atoms with van der Waals surface area (Å²) in [4.78, 5) is 29.0. The number of hydrogen-bond donors (Lipinski definition) is 0. The maximum absolute atomic E-state index is 6.32. The highest BCUT2D eigenvalue weighted by molar-refractivity contribution is 6.33. The summed E-state index contributed by atoms with van der Waals surface area (Å²) < 4.78 is 20.5. The molecule has 0 unspecified atom stereocenters. The molecule has 11 nitrogen and oxygen atoms in total. The molecule has 10 aromatic rings. The standard InChI is InChI=1S/2C19H25N.C16H19NO.C13H19ClN2O.C13H15NO.C10H14ClNO/c1-14(2)12-15-6-8-16(9-7-15)18-11-10-17(13-20-18)19(3,4)5;1-5-6-7-15-8-10-16(11-9-15)18-13-12-17(14-20-18)19(2,3)4;1-16(2,3)13-7-10-15(17-11-13)12-5-8-14(18-4)9-6-12;1-13(2,3)10-8-11(14)12(15-9-10)16-4-6-17-7-5-16;1-13(2,3)11-4-5-12(14-8-11)10-6-7-15-9-10;1-10(2,3)7-5-8(11)9(13-4)12-6-7/h6-11,13-14H,12H2,1-5H3;8-14H,5-7H2,1-4H3;5-11H,1-4H3;8-9H,4-7H2,1-3H3;4-9H,1-3H3;5-6H,1-4H3. The summed E-state index contributed by atoms with van der Waals surface area (Å²) in [5, 5.41) is 1.30. The number of rotatable bonds is 12. The molecule has 0 radical (unpaired) electrons. The Morgan fingerprint density at radius 2 is 0.786 bits per heavy atom. The van der Waals surface area contributed by atoms with Crippen LogP contribution < -0.4 is 14.4 Å². The van der Waals surface area contributed by atoms with Crippen LogP contribution in [-0.2, 0) is 50.1 Å². The van der Waals surface area contributed by atoms with Gasteiger partial charge in [-0.1, -0.05) is 248 Å². The first kappa shape index (κ1) is 83.7. The lowest BCUT2D eigenvalue weighted by Crippen LogP contribution is -2.37. The van der Waals surface area contributed by atoms with Crippen LogP contribution in [-0.4, -0.2) is 70.4 Å². The highest BCUT2D eigenvalue weighted by Gasteiger charge is 2.22. The molecular formula is C90H117Cl2N7O4. The second kappa shape index (κ2) is 38.0. The number of aromatic nitrogens is 6. The van der Waals surface area contributed by atoms with Crippen LogP contribution >= 0.6 is 23.2 Å². The number of nitrogens with zero attached hydrogens (tertiary/aromatic N) is 7. The van der Waals surface area contributed by atoms with E-state index in [2.05, 4.69) is 271 Å². The van der Waals surface area contributed by atoms with Gasteiger partial charge >= 0.3 is 0 Å². The van der Waals surface area contributed by atoms with E-state index in [9.17, 15) is 0 Å². The van der Waals surface area contributed by atoms with Gasteiger partial charge in [-0.15, -0.1) is 0 Å². The second-order valence-corrected chi connectivity index (χ2v) is 33.7. The average Bonchev–Trinajstić information content (AvgIpc) is 0.946. The zero-order valence-corrected chi connectivity index (χ0v) is 67.7. The lowest BCUT2D eigenvalue weighted by atomic mass is 9.88. The van der Waals surface area contributed by atoms with E-state index in [0.717, 1.165) is 88.8 Å². The van der Waals surface area contributed by atoms with Crippen molar-refractivity contribution in [3.8, 4) is 56.7 Å². The van der Waals surface area contributed by atoms with Crippen molar-refractivity contribution in [1.29, 1.82) is 0 Å². The summed E-state index contributed by atoms with van der Waals surface area (Å²) in [5.41, 5.74) is 19.5. The molecule has 0 saturated carbocycles. The Hall–Kier alpha value is -8.22. The van der Waals surface area contributed by atoms with Crippen LogP contribution in [0.1, 0.15) is 203 Å². The van der Waals surface area contributed by atoms with Crippen molar-refractivity contribution in [2.24, 2.45) is 5.92 Å². The molecule has 1 aliphatic rings. The number of furan rings is 1. The van der Waals surface area contributed by atoms with Gasteiger partial charge < -0.3 is 23.5 Å². The fourth-order valence-corrected chi connectivity index (χ4v) is 11.1. The summed E-state index contributed by atoms with van der Waals surface area (Å²) in [6.45, 7) is 49.2. The third-order valence-electron chi connectivity index (χ3n) is 17.5. The molecular weight excluding hydrogens is 1310 g/mol. The van der Waals surface area contributed by atoms with Gasteiger partial charge in [0.25, 0.3) is 0 Å². The first-order valence-corrected chi connectivity index (χ1v) is 37.0. The van der Waals surface area contributed by atoms with E-state index in [1.165, 1.54) is 69.3 Å². The van der Waals surface area contributed by atoms with E-state index in [4.69, 9.17) is 41.8 Å².